The molecule has 2 heterocycles. The number of anilines is 2. The van der Waals surface area contributed by atoms with Crippen LogP contribution < -0.4 is 11.1 Å². The summed E-state index contributed by atoms with van der Waals surface area (Å²) >= 11 is 0. The molecule has 0 amide bonds. The average Bonchev–Trinajstić information content (AvgIpc) is 2.06. The van der Waals surface area contributed by atoms with Crippen molar-refractivity contribution >= 4 is 23.8 Å². The highest BCUT2D eigenvalue weighted by atomic mass is 35.5. The Morgan fingerprint density at radius 2 is 2.25 bits per heavy atom. The van der Waals surface area contributed by atoms with Crippen LogP contribution in [0.2, 0.25) is 0 Å². The molecule has 0 unspecified atom stereocenters. The molecule has 0 aliphatic carbocycles. The molecule has 66 valence electrons. The molecule has 12 heavy (non-hydrogen) atoms. The lowest BCUT2D eigenvalue weighted by Gasteiger charge is -2.18. The molecule has 1 aromatic heterocycles. The number of nitrogens with two attached hydrogens (primary N) is 1. The van der Waals surface area contributed by atoms with E-state index in [9.17, 15) is 0 Å². The van der Waals surface area contributed by atoms with Crippen molar-refractivity contribution in [2.45, 2.75) is 12.8 Å². The van der Waals surface area contributed by atoms with Crippen molar-refractivity contribution in [3.05, 3.63) is 18.0 Å². The molecule has 0 aromatic carbocycles. The molecule has 3 N–H and O–H groups in total. The molecule has 1 aliphatic heterocycles. The second kappa shape index (κ2) is 3.63. The Hall–Kier alpha value is -0.960. The number of nitrogens with one attached hydrogen (secondary N) is 1. The minimum absolute atomic E-state index is 0. The number of hydrogen-bond acceptors (Lipinski definition) is 3. The number of hydrogen-bond donors (Lipinski definition) is 2. The number of halogens is 1. The largest absolute Gasteiger partial charge is 0.396 e. The average molecular weight is 186 g/mol. The predicted molar refractivity (Wildman–Crippen MR) is 52.7 cm³/mol. The Morgan fingerprint density at radius 3 is 3.00 bits per heavy atom. The smallest absolute Gasteiger partial charge is 0.0739 e. The summed E-state index contributed by atoms with van der Waals surface area (Å²) < 4.78 is 0. The first-order chi connectivity index (χ1) is 5.38. The summed E-state index contributed by atoms with van der Waals surface area (Å²) in [7, 11) is 0. The van der Waals surface area contributed by atoms with Crippen LogP contribution in [-0.4, -0.2) is 11.5 Å². The van der Waals surface area contributed by atoms with Gasteiger partial charge in [0.2, 0.25) is 0 Å². The molecular weight excluding hydrogens is 174 g/mol. The third-order valence-corrected chi connectivity index (χ3v) is 1.98. The van der Waals surface area contributed by atoms with Crippen LogP contribution in [0.3, 0.4) is 0 Å². The van der Waals surface area contributed by atoms with E-state index < -0.39 is 0 Å². The fraction of sp³-hybridized carbons (Fsp3) is 0.375. The maximum absolute atomic E-state index is 5.72. The predicted octanol–water partition coefficient (Wildman–Crippen LogP) is 1.44. The van der Waals surface area contributed by atoms with Crippen LogP contribution in [0.15, 0.2) is 12.4 Å². The number of aromatic nitrogens is 1. The Kier molecular flexibility index (Phi) is 2.76. The summed E-state index contributed by atoms with van der Waals surface area (Å²) in [4.78, 5) is 4.03. The summed E-state index contributed by atoms with van der Waals surface area (Å²) in [6.07, 6.45) is 5.85. The van der Waals surface area contributed by atoms with Gasteiger partial charge in [-0.15, -0.1) is 12.4 Å². The van der Waals surface area contributed by atoms with Gasteiger partial charge in [-0.1, -0.05) is 0 Å². The minimum Gasteiger partial charge on any atom is -0.396 e. The number of pyridine rings is 1. The lowest BCUT2D eigenvalue weighted by atomic mass is 10.1. The van der Waals surface area contributed by atoms with E-state index >= 15 is 0 Å². The SMILES string of the molecule is Cl.Nc1cncc2c1NCCC2. The molecule has 1 aliphatic rings. The quantitative estimate of drug-likeness (QED) is 0.643. The maximum atomic E-state index is 5.72. The first-order valence-electron chi connectivity index (χ1n) is 3.84. The standard InChI is InChI=1S/C8H11N3.ClH/c9-7-5-10-4-6-2-1-3-11-8(6)7;/h4-5,11H,1-3,9H2;1H. The summed E-state index contributed by atoms with van der Waals surface area (Å²) in [6.45, 7) is 1.03. The normalized spacial score (nSPS) is 14.0. The monoisotopic (exact) mass is 185 g/mol. The Labute approximate surface area is 77.8 Å². The molecule has 3 nitrogen and oxygen atoms in total. The van der Waals surface area contributed by atoms with Gasteiger partial charge in [-0.25, -0.2) is 0 Å². The highest BCUT2D eigenvalue weighted by molar-refractivity contribution is 5.85. The Morgan fingerprint density at radius 1 is 1.42 bits per heavy atom. The van der Waals surface area contributed by atoms with E-state index in [1.165, 1.54) is 12.0 Å². The topological polar surface area (TPSA) is 50.9 Å². The second-order valence-corrected chi connectivity index (χ2v) is 2.79. The first-order valence-corrected chi connectivity index (χ1v) is 3.84. The number of rotatable bonds is 0. The van der Waals surface area contributed by atoms with Crippen molar-refractivity contribution in [1.82, 2.24) is 4.98 Å². The number of nitrogens with zero attached hydrogens (tertiary/aromatic N) is 1. The van der Waals surface area contributed by atoms with Crippen LogP contribution >= 0.6 is 12.4 Å². The van der Waals surface area contributed by atoms with Crippen molar-refractivity contribution in [2.75, 3.05) is 17.6 Å². The van der Waals surface area contributed by atoms with Crippen LogP contribution in [0.1, 0.15) is 12.0 Å². The highest BCUT2D eigenvalue weighted by Crippen LogP contribution is 2.25. The third-order valence-electron chi connectivity index (χ3n) is 1.98. The van der Waals surface area contributed by atoms with E-state index in [4.69, 9.17) is 5.73 Å². The van der Waals surface area contributed by atoms with Gasteiger partial charge in [0.25, 0.3) is 0 Å². The number of nitrogen functional groups attached to an aromatic ring is 1. The molecule has 0 saturated carbocycles. The van der Waals surface area contributed by atoms with Crippen LogP contribution in [0.25, 0.3) is 0 Å². The summed E-state index contributed by atoms with van der Waals surface area (Å²) in [6, 6.07) is 0. The minimum atomic E-state index is 0. The highest BCUT2D eigenvalue weighted by Gasteiger charge is 2.10. The summed E-state index contributed by atoms with van der Waals surface area (Å²) in [5, 5.41) is 3.27. The first kappa shape index (κ1) is 9.13. The van der Waals surface area contributed by atoms with E-state index in [1.807, 2.05) is 6.20 Å². The number of fused-ring (bicyclic) bond motifs is 1. The molecule has 0 radical (unpaired) electrons. The zero-order valence-corrected chi connectivity index (χ0v) is 7.53. The lowest BCUT2D eigenvalue weighted by Crippen LogP contribution is -2.13. The molecular formula is C8H12ClN3. The van der Waals surface area contributed by atoms with Crippen molar-refractivity contribution in [3.8, 4) is 0 Å². The van der Waals surface area contributed by atoms with Crippen molar-refractivity contribution in [3.63, 3.8) is 0 Å². The van der Waals surface area contributed by atoms with Crippen molar-refractivity contribution in [2.24, 2.45) is 0 Å². The van der Waals surface area contributed by atoms with Crippen molar-refractivity contribution in [1.29, 1.82) is 0 Å². The van der Waals surface area contributed by atoms with Crippen LogP contribution in [0.4, 0.5) is 11.4 Å². The molecule has 0 bridgehead atoms. The van der Waals surface area contributed by atoms with Crippen LogP contribution in [0.5, 0.6) is 0 Å². The lowest BCUT2D eigenvalue weighted by molar-refractivity contribution is 0.825. The molecule has 0 fully saturated rings. The van der Waals surface area contributed by atoms with Gasteiger partial charge >= 0.3 is 0 Å². The van der Waals surface area contributed by atoms with Crippen LogP contribution in [-0.2, 0) is 6.42 Å². The maximum Gasteiger partial charge on any atom is 0.0739 e. The Balaban J connectivity index is 0.000000720. The molecule has 0 saturated heterocycles. The third kappa shape index (κ3) is 1.46. The summed E-state index contributed by atoms with van der Waals surface area (Å²) in [5.74, 6) is 0. The van der Waals surface area contributed by atoms with Gasteiger partial charge in [0.1, 0.15) is 0 Å². The molecule has 0 spiro atoms. The van der Waals surface area contributed by atoms with Gasteiger partial charge in [-0.05, 0) is 18.4 Å². The van der Waals surface area contributed by atoms with Crippen molar-refractivity contribution < 1.29 is 0 Å². The van der Waals surface area contributed by atoms with Gasteiger partial charge in [-0.2, -0.15) is 0 Å². The second-order valence-electron chi connectivity index (χ2n) is 2.79. The molecule has 0 atom stereocenters. The molecule has 4 heteroatoms. The van der Waals surface area contributed by atoms with Gasteiger partial charge in [0.05, 0.1) is 17.6 Å². The molecule has 2 rings (SSSR count). The van der Waals surface area contributed by atoms with Gasteiger partial charge in [0.15, 0.2) is 0 Å². The van der Waals surface area contributed by atoms with E-state index in [2.05, 4.69) is 10.3 Å². The Bertz CT molecular complexity index is 275. The van der Waals surface area contributed by atoms with E-state index in [0.717, 1.165) is 24.3 Å². The number of aryl methyl sites for hydroxylation is 1. The fourth-order valence-electron chi connectivity index (χ4n) is 1.42. The van der Waals surface area contributed by atoms with Gasteiger partial charge < -0.3 is 11.1 Å². The summed E-state index contributed by atoms with van der Waals surface area (Å²) in [5.41, 5.74) is 8.82. The zero-order valence-electron chi connectivity index (χ0n) is 6.71. The van der Waals surface area contributed by atoms with E-state index in [1.54, 1.807) is 6.20 Å². The van der Waals surface area contributed by atoms with Gasteiger partial charge in [0, 0.05) is 12.7 Å². The zero-order chi connectivity index (χ0) is 7.68. The van der Waals surface area contributed by atoms with Crippen LogP contribution in [0, 0.1) is 0 Å². The fourth-order valence-corrected chi connectivity index (χ4v) is 1.42. The molecule has 1 aromatic rings. The van der Waals surface area contributed by atoms with E-state index in [-0.39, 0.29) is 12.4 Å². The van der Waals surface area contributed by atoms with E-state index in [0.29, 0.717) is 0 Å². The van der Waals surface area contributed by atoms with Gasteiger partial charge in [-0.3, -0.25) is 4.98 Å².